The summed E-state index contributed by atoms with van der Waals surface area (Å²) in [6, 6.07) is 22.2. The van der Waals surface area contributed by atoms with Crippen LogP contribution in [0.1, 0.15) is 16.7 Å². The van der Waals surface area contributed by atoms with E-state index in [2.05, 4.69) is 39.8 Å². The van der Waals surface area contributed by atoms with Gasteiger partial charge in [-0.15, -0.1) is 0 Å². The molecule has 3 aromatic rings. The Kier molecular flexibility index (Phi) is 5.52. The van der Waals surface area contributed by atoms with Gasteiger partial charge in [0, 0.05) is 47.6 Å². The largest absolute Gasteiger partial charge is 0.399 e. The quantitative estimate of drug-likeness (QED) is 0.423. The van der Waals surface area contributed by atoms with Crippen molar-refractivity contribution in [1.29, 1.82) is 0 Å². The van der Waals surface area contributed by atoms with E-state index in [0.717, 1.165) is 66.5 Å². The fourth-order valence-corrected chi connectivity index (χ4v) is 4.17. The molecule has 0 saturated carbocycles. The summed E-state index contributed by atoms with van der Waals surface area (Å²) in [6.07, 6.45) is 2.55. The number of morpholine rings is 1. The predicted octanol–water partition coefficient (Wildman–Crippen LogP) is 4.10. The molecule has 6 heteroatoms. The highest BCUT2D eigenvalue weighted by Crippen LogP contribution is 2.33. The molecule has 1 saturated heterocycles. The molecular weight excluding hydrogens is 400 g/mol. The minimum Gasteiger partial charge on any atom is -0.399 e. The monoisotopic (exact) mass is 426 g/mol. The molecule has 0 aromatic heterocycles. The van der Waals surface area contributed by atoms with E-state index in [1.165, 1.54) is 5.69 Å². The second-order valence-electron chi connectivity index (χ2n) is 8.10. The van der Waals surface area contributed by atoms with Crippen molar-refractivity contribution in [2.24, 2.45) is 0 Å². The summed E-state index contributed by atoms with van der Waals surface area (Å²) in [5, 5.41) is 6.23. The van der Waals surface area contributed by atoms with Crippen molar-refractivity contribution in [1.82, 2.24) is 0 Å². The first-order valence-corrected chi connectivity index (χ1v) is 10.8. The molecule has 2 heterocycles. The van der Waals surface area contributed by atoms with Crippen LogP contribution in [0.25, 0.3) is 5.57 Å². The van der Waals surface area contributed by atoms with Crippen molar-refractivity contribution in [3.05, 3.63) is 89.6 Å². The van der Waals surface area contributed by atoms with Gasteiger partial charge in [-0.3, -0.25) is 4.79 Å². The molecule has 2 aliphatic rings. The van der Waals surface area contributed by atoms with Gasteiger partial charge in [0.2, 0.25) is 0 Å². The van der Waals surface area contributed by atoms with Crippen LogP contribution in [0.4, 0.5) is 22.7 Å². The molecule has 0 unspecified atom stereocenters. The maximum absolute atomic E-state index is 12.6. The number of ether oxygens (including phenoxy) is 1. The van der Waals surface area contributed by atoms with Crippen LogP contribution in [0.15, 0.2) is 72.9 Å². The zero-order valence-electron chi connectivity index (χ0n) is 17.8. The molecule has 4 N–H and O–H groups in total. The molecule has 0 spiro atoms. The number of carbonyl (C=O) groups is 1. The second-order valence-corrected chi connectivity index (χ2v) is 8.10. The summed E-state index contributed by atoms with van der Waals surface area (Å²) in [7, 11) is 0. The minimum atomic E-state index is -0.0986. The van der Waals surface area contributed by atoms with Gasteiger partial charge in [-0.25, -0.2) is 0 Å². The molecule has 0 atom stereocenters. The smallest absolute Gasteiger partial charge is 0.257 e. The number of rotatable bonds is 5. The van der Waals surface area contributed by atoms with Gasteiger partial charge in [0.05, 0.1) is 18.8 Å². The van der Waals surface area contributed by atoms with E-state index in [1.807, 2.05) is 42.5 Å². The Balaban J connectivity index is 1.32. The molecule has 0 radical (unpaired) electrons. The molecule has 6 nitrogen and oxygen atoms in total. The normalized spacial score (nSPS) is 16.7. The lowest BCUT2D eigenvalue weighted by Gasteiger charge is -2.28. The molecule has 1 fully saturated rings. The number of amides is 1. The van der Waals surface area contributed by atoms with Crippen LogP contribution in [0.3, 0.4) is 0 Å². The first-order valence-electron chi connectivity index (χ1n) is 10.8. The topological polar surface area (TPSA) is 79.6 Å². The molecule has 5 rings (SSSR count). The molecule has 3 aromatic carbocycles. The van der Waals surface area contributed by atoms with E-state index in [1.54, 1.807) is 6.20 Å². The Bertz CT molecular complexity index is 1160. The first-order chi connectivity index (χ1) is 15.7. The highest BCUT2D eigenvalue weighted by molar-refractivity contribution is 6.31. The average Bonchev–Trinajstić information content (AvgIpc) is 3.13. The molecular formula is C26H26N4O2. The SMILES string of the molecule is Nc1cccc(Cc2ccc3c(c2)C(=CNc2ccc(N4CCOCC4)cc2)C(=O)N3)c1. The van der Waals surface area contributed by atoms with E-state index in [-0.39, 0.29) is 5.91 Å². The van der Waals surface area contributed by atoms with E-state index in [0.29, 0.717) is 5.57 Å². The van der Waals surface area contributed by atoms with Gasteiger partial charge in [0.1, 0.15) is 0 Å². The molecule has 162 valence electrons. The minimum absolute atomic E-state index is 0.0986. The van der Waals surface area contributed by atoms with Crippen molar-refractivity contribution >= 4 is 34.2 Å². The lowest BCUT2D eigenvalue weighted by atomic mass is 9.99. The van der Waals surface area contributed by atoms with Gasteiger partial charge in [-0.05, 0) is 66.1 Å². The number of nitrogens with one attached hydrogen (secondary N) is 2. The van der Waals surface area contributed by atoms with Crippen molar-refractivity contribution in [2.75, 3.05) is 47.6 Å². The van der Waals surface area contributed by atoms with Gasteiger partial charge in [0.15, 0.2) is 0 Å². The number of carbonyl (C=O) groups excluding carboxylic acids is 1. The fourth-order valence-electron chi connectivity index (χ4n) is 4.17. The zero-order chi connectivity index (χ0) is 21.9. The van der Waals surface area contributed by atoms with Crippen molar-refractivity contribution in [2.45, 2.75) is 6.42 Å². The molecule has 0 aliphatic carbocycles. The lowest BCUT2D eigenvalue weighted by Crippen LogP contribution is -2.36. The van der Waals surface area contributed by atoms with Crippen LogP contribution >= 0.6 is 0 Å². The molecule has 0 bridgehead atoms. The Morgan fingerprint density at radius 2 is 1.78 bits per heavy atom. The van der Waals surface area contributed by atoms with E-state index < -0.39 is 0 Å². The summed E-state index contributed by atoms with van der Waals surface area (Å²) in [5.74, 6) is -0.0986. The van der Waals surface area contributed by atoms with Gasteiger partial charge in [0.25, 0.3) is 5.91 Å². The summed E-state index contributed by atoms with van der Waals surface area (Å²) >= 11 is 0. The predicted molar refractivity (Wildman–Crippen MR) is 130 cm³/mol. The van der Waals surface area contributed by atoms with Gasteiger partial charge >= 0.3 is 0 Å². The third-order valence-corrected chi connectivity index (χ3v) is 5.85. The Morgan fingerprint density at radius 3 is 2.56 bits per heavy atom. The first kappa shape index (κ1) is 20.2. The van der Waals surface area contributed by atoms with Crippen molar-refractivity contribution in [3.63, 3.8) is 0 Å². The molecule has 2 aliphatic heterocycles. The Morgan fingerprint density at radius 1 is 1.00 bits per heavy atom. The average molecular weight is 427 g/mol. The summed E-state index contributed by atoms with van der Waals surface area (Å²) in [5.41, 5.74) is 13.4. The number of nitrogens with two attached hydrogens (primary N) is 1. The lowest BCUT2D eigenvalue weighted by molar-refractivity contribution is -0.110. The molecule has 32 heavy (non-hydrogen) atoms. The van der Waals surface area contributed by atoms with E-state index in [9.17, 15) is 4.79 Å². The maximum atomic E-state index is 12.6. The van der Waals surface area contributed by atoms with Gasteiger partial charge < -0.3 is 26.0 Å². The van der Waals surface area contributed by atoms with Crippen molar-refractivity contribution in [3.8, 4) is 0 Å². The standard InChI is InChI=1S/C26H26N4O2/c27-20-3-1-2-18(15-20)14-19-4-9-25-23(16-19)24(26(31)29-25)17-28-21-5-7-22(8-6-21)30-10-12-32-13-11-30/h1-9,15-17,28H,10-14,27H2,(H,29,31). The third-order valence-electron chi connectivity index (χ3n) is 5.85. The number of nitrogen functional groups attached to an aromatic ring is 1. The van der Waals surface area contributed by atoms with Crippen LogP contribution in [0.2, 0.25) is 0 Å². The van der Waals surface area contributed by atoms with E-state index >= 15 is 0 Å². The number of anilines is 4. The fraction of sp³-hybridized carbons (Fsp3) is 0.192. The Labute approximate surface area is 187 Å². The third kappa shape index (κ3) is 4.31. The number of hydrogen-bond donors (Lipinski definition) is 3. The summed E-state index contributed by atoms with van der Waals surface area (Å²) < 4.78 is 5.42. The number of benzene rings is 3. The maximum Gasteiger partial charge on any atom is 0.257 e. The van der Waals surface area contributed by atoms with Gasteiger partial charge in [-0.1, -0.05) is 18.2 Å². The van der Waals surface area contributed by atoms with Crippen molar-refractivity contribution < 1.29 is 9.53 Å². The van der Waals surface area contributed by atoms with Crippen LogP contribution < -0.4 is 21.3 Å². The number of nitrogens with zero attached hydrogens (tertiary/aromatic N) is 1. The molecule has 1 amide bonds. The highest BCUT2D eigenvalue weighted by Gasteiger charge is 2.24. The van der Waals surface area contributed by atoms with Crippen LogP contribution in [-0.4, -0.2) is 32.2 Å². The number of fused-ring (bicyclic) bond motifs is 1. The summed E-state index contributed by atoms with van der Waals surface area (Å²) in [4.78, 5) is 14.9. The van der Waals surface area contributed by atoms with E-state index in [4.69, 9.17) is 10.5 Å². The summed E-state index contributed by atoms with van der Waals surface area (Å²) in [6.45, 7) is 3.35. The Hall–Kier alpha value is -3.77. The number of hydrogen-bond acceptors (Lipinski definition) is 5. The highest BCUT2D eigenvalue weighted by atomic mass is 16.5. The zero-order valence-corrected chi connectivity index (χ0v) is 17.8. The second kappa shape index (κ2) is 8.77. The van der Waals surface area contributed by atoms with Crippen LogP contribution in [-0.2, 0) is 16.0 Å². The van der Waals surface area contributed by atoms with Gasteiger partial charge in [-0.2, -0.15) is 0 Å². The van der Waals surface area contributed by atoms with Crippen LogP contribution in [0.5, 0.6) is 0 Å². The van der Waals surface area contributed by atoms with Crippen LogP contribution in [0, 0.1) is 0 Å².